The number of carbonyl (C=O) groups is 1. The van der Waals surface area contributed by atoms with Crippen molar-refractivity contribution in [1.29, 1.82) is 0 Å². The molecule has 0 aliphatic rings. The number of ether oxygens (including phenoxy) is 1. The van der Waals surface area contributed by atoms with E-state index in [1.807, 2.05) is 45.9 Å². The highest BCUT2D eigenvalue weighted by atomic mass is 16.5. The van der Waals surface area contributed by atoms with Crippen molar-refractivity contribution in [3.63, 3.8) is 0 Å². The first-order valence-corrected chi connectivity index (χ1v) is 7.43. The minimum atomic E-state index is -0.228. The maximum atomic E-state index is 12.1. The van der Waals surface area contributed by atoms with Crippen molar-refractivity contribution >= 4 is 5.91 Å². The van der Waals surface area contributed by atoms with Crippen LogP contribution in [0.2, 0.25) is 0 Å². The largest absolute Gasteiger partial charge is 0.496 e. The first-order chi connectivity index (χ1) is 9.73. The summed E-state index contributed by atoms with van der Waals surface area (Å²) >= 11 is 0. The third-order valence-electron chi connectivity index (χ3n) is 3.14. The van der Waals surface area contributed by atoms with Crippen molar-refractivity contribution in [1.82, 2.24) is 10.6 Å². The van der Waals surface area contributed by atoms with Crippen molar-refractivity contribution in [3.05, 3.63) is 29.8 Å². The second kappa shape index (κ2) is 7.46. The molecule has 21 heavy (non-hydrogen) atoms. The first kappa shape index (κ1) is 17.5. The van der Waals surface area contributed by atoms with E-state index < -0.39 is 0 Å². The van der Waals surface area contributed by atoms with Crippen LogP contribution >= 0.6 is 0 Å². The lowest BCUT2D eigenvalue weighted by molar-refractivity contribution is -0.124. The standard InChI is InChI=1S/C17H28N2O2/c1-12(11-14-9-7-8-10-15(14)21-6)18-13(2)16(20)19-17(3,4)5/h7-10,12-13,18H,11H2,1-6H3,(H,19,20). The van der Waals surface area contributed by atoms with E-state index in [4.69, 9.17) is 4.74 Å². The van der Waals surface area contributed by atoms with Gasteiger partial charge in [0.1, 0.15) is 5.75 Å². The summed E-state index contributed by atoms with van der Waals surface area (Å²) in [6, 6.07) is 7.92. The summed E-state index contributed by atoms with van der Waals surface area (Å²) in [7, 11) is 1.68. The Morgan fingerprint density at radius 2 is 1.86 bits per heavy atom. The Labute approximate surface area is 128 Å². The van der Waals surface area contributed by atoms with E-state index in [-0.39, 0.29) is 23.5 Å². The normalized spacial score (nSPS) is 14.4. The molecule has 0 radical (unpaired) electrons. The van der Waals surface area contributed by atoms with Gasteiger partial charge in [0.15, 0.2) is 0 Å². The van der Waals surface area contributed by atoms with Crippen LogP contribution in [0.5, 0.6) is 5.75 Å². The van der Waals surface area contributed by atoms with Gasteiger partial charge in [0.05, 0.1) is 13.2 Å². The van der Waals surface area contributed by atoms with Crippen LogP contribution in [0.15, 0.2) is 24.3 Å². The zero-order valence-electron chi connectivity index (χ0n) is 14.0. The lowest BCUT2D eigenvalue weighted by atomic mass is 10.0. The van der Waals surface area contributed by atoms with Gasteiger partial charge < -0.3 is 15.4 Å². The van der Waals surface area contributed by atoms with Gasteiger partial charge in [0, 0.05) is 11.6 Å². The molecule has 2 atom stereocenters. The maximum Gasteiger partial charge on any atom is 0.237 e. The number of carbonyl (C=O) groups excluding carboxylic acids is 1. The molecule has 0 bridgehead atoms. The fraction of sp³-hybridized carbons (Fsp3) is 0.588. The van der Waals surface area contributed by atoms with Crippen LogP contribution < -0.4 is 15.4 Å². The molecule has 1 aromatic carbocycles. The van der Waals surface area contributed by atoms with Crippen molar-refractivity contribution in [2.45, 2.75) is 58.7 Å². The second-order valence-electron chi connectivity index (χ2n) is 6.54. The van der Waals surface area contributed by atoms with E-state index in [0.29, 0.717) is 0 Å². The summed E-state index contributed by atoms with van der Waals surface area (Å²) in [6.07, 6.45) is 0.817. The number of hydrogen-bond acceptors (Lipinski definition) is 3. The number of nitrogens with one attached hydrogen (secondary N) is 2. The molecular weight excluding hydrogens is 264 g/mol. The highest BCUT2D eigenvalue weighted by molar-refractivity contribution is 5.81. The summed E-state index contributed by atoms with van der Waals surface area (Å²) in [6.45, 7) is 9.91. The molecule has 1 aromatic rings. The molecule has 0 heterocycles. The molecule has 0 aliphatic carbocycles. The van der Waals surface area contributed by atoms with Crippen LogP contribution in [-0.4, -0.2) is 30.6 Å². The number of rotatable bonds is 6. The van der Waals surface area contributed by atoms with Gasteiger partial charge in [0.25, 0.3) is 0 Å². The Morgan fingerprint density at radius 3 is 2.43 bits per heavy atom. The summed E-state index contributed by atoms with van der Waals surface area (Å²) in [5, 5.41) is 6.32. The fourth-order valence-electron chi connectivity index (χ4n) is 2.24. The highest BCUT2D eigenvalue weighted by Gasteiger charge is 2.20. The Kier molecular flexibility index (Phi) is 6.21. The van der Waals surface area contributed by atoms with Crippen LogP contribution in [0.4, 0.5) is 0 Å². The average Bonchev–Trinajstić information content (AvgIpc) is 2.37. The topological polar surface area (TPSA) is 50.4 Å². The van der Waals surface area contributed by atoms with Gasteiger partial charge in [-0.3, -0.25) is 4.79 Å². The van der Waals surface area contributed by atoms with Crippen LogP contribution in [-0.2, 0) is 11.2 Å². The molecular formula is C17H28N2O2. The lowest BCUT2D eigenvalue weighted by Gasteiger charge is -2.25. The Balaban J connectivity index is 2.57. The smallest absolute Gasteiger partial charge is 0.237 e. The molecule has 0 fully saturated rings. The zero-order valence-corrected chi connectivity index (χ0v) is 14.0. The molecule has 0 aromatic heterocycles. The molecule has 4 nitrogen and oxygen atoms in total. The molecule has 4 heteroatoms. The summed E-state index contributed by atoms with van der Waals surface area (Å²) < 4.78 is 5.36. The van der Waals surface area contributed by atoms with Gasteiger partial charge in [-0.15, -0.1) is 0 Å². The van der Waals surface area contributed by atoms with Crippen LogP contribution in [0, 0.1) is 0 Å². The predicted octanol–water partition coefficient (Wildman–Crippen LogP) is 2.52. The molecule has 2 N–H and O–H groups in total. The molecule has 2 unspecified atom stereocenters. The van der Waals surface area contributed by atoms with E-state index in [1.54, 1.807) is 7.11 Å². The minimum absolute atomic E-state index is 0.0226. The van der Waals surface area contributed by atoms with Gasteiger partial charge in [-0.2, -0.15) is 0 Å². The average molecular weight is 292 g/mol. The molecule has 0 saturated carbocycles. The van der Waals surface area contributed by atoms with Gasteiger partial charge >= 0.3 is 0 Å². The van der Waals surface area contributed by atoms with Crippen molar-refractivity contribution in [3.8, 4) is 5.75 Å². The summed E-state index contributed by atoms with van der Waals surface area (Å²) in [5.41, 5.74) is 0.933. The minimum Gasteiger partial charge on any atom is -0.496 e. The quantitative estimate of drug-likeness (QED) is 0.847. The number of methoxy groups -OCH3 is 1. The third-order valence-corrected chi connectivity index (χ3v) is 3.14. The van der Waals surface area contributed by atoms with Crippen LogP contribution in [0.25, 0.3) is 0 Å². The van der Waals surface area contributed by atoms with Gasteiger partial charge in [-0.25, -0.2) is 0 Å². The zero-order chi connectivity index (χ0) is 16.0. The fourth-order valence-corrected chi connectivity index (χ4v) is 2.24. The Hall–Kier alpha value is -1.55. The van der Waals surface area contributed by atoms with E-state index >= 15 is 0 Å². The van der Waals surface area contributed by atoms with Gasteiger partial charge in [-0.1, -0.05) is 18.2 Å². The first-order valence-electron chi connectivity index (χ1n) is 7.43. The Morgan fingerprint density at radius 1 is 1.24 bits per heavy atom. The third kappa shape index (κ3) is 6.17. The van der Waals surface area contributed by atoms with Crippen LogP contribution in [0.3, 0.4) is 0 Å². The van der Waals surface area contributed by atoms with Crippen molar-refractivity contribution < 1.29 is 9.53 Å². The molecule has 1 amide bonds. The molecule has 118 valence electrons. The number of amides is 1. The maximum absolute atomic E-state index is 12.1. The summed E-state index contributed by atoms with van der Waals surface area (Å²) in [5.74, 6) is 0.910. The number of benzene rings is 1. The Bertz CT molecular complexity index is 466. The van der Waals surface area contributed by atoms with Crippen molar-refractivity contribution in [2.24, 2.45) is 0 Å². The van der Waals surface area contributed by atoms with Crippen molar-refractivity contribution in [2.75, 3.05) is 7.11 Å². The van der Waals surface area contributed by atoms with E-state index in [2.05, 4.69) is 23.6 Å². The number of hydrogen-bond donors (Lipinski definition) is 2. The van der Waals surface area contributed by atoms with E-state index in [0.717, 1.165) is 17.7 Å². The van der Waals surface area contributed by atoms with Crippen LogP contribution in [0.1, 0.15) is 40.2 Å². The predicted molar refractivity (Wildman–Crippen MR) is 86.7 cm³/mol. The van der Waals surface area contributed by atoms with Gasteiger partial charge in [-0.05, 0) is 52.7 Å². The molecule has 1 rings (SSSR count). The SMILES string of the molecule is COc1ccccc1CC(C)NC(C)C(=O)NC(C)(C)C. The van der Waals surface area contributed by atoms with E-state index in [9.17, 15) is 4.79 Å². The molecule has 0 saturated heterocycles. The highest BCUT2D eigenvalue weighted by Crippen LogP contribution is 2.18. The second-order valence-corrected chi connectivity index (χ2v) is 6.54. The van der Waals surface area contributed by atoms with Gasteiger partial charge in [0.2, 0.25) is 5.91 Å². The number of para-hydroxylation sites is 1. The molecule has 0 spiro atoms. The molecule has 0 aliphatic heterocycles. The summed E-state index contributed by atoms with van der Waals surface area (Å²) in [4.78, 5) is 12.1. The lowest BCUT2D eigenvalue weighted by Crippen LogP contribution is -2.51. The monoisotopic (exact) mass is 292 g/mol. The van der Waals surface area contributed by atoms with E-state index in [1.165, 1.54) is 0 Å².